The molecule has 0 saturated carbocycles. The first-order valence-corrected chi connectivity index (χ1v) is 13.3. The first-order chi connectivity index (χ1) is 20.0. The molecule has 1 aliphatic rings. The number of nitrogens with zero attached hydrogens (tertiary/aromatic N) is 1. The summed E-state index contributed by atoms with van der Waals surface area (Å²) in [6.45, 7) is 3.09. The third-order valence-electron chi connectivity index (χ3n) is 6.68. The minimum absolute atomic E-state index is 0.0691. The number of nitrogens with one attached hydrogen (secondary N) is 2. The highest BCUT2D eigenvalue weighted by atomic mass is 19.1. The van der Waals surface area contributed by atoms with E-state index in [1.165, 1.54) is 30.9 Å². The summed E-state index contributed by atoms with van der Waals surface area (Å²) in [5.74, 6) is -5.32. The first-order valence-electron chi connectivity index (χ1n) is 13.3. The van der Waals surface area contributed by atoms with E-state index in [0.29, 0.717) is 31.0 Å². The van der Waals surface area contributed by atoms with Crippen molar-refractivity contribution in [1.82, 2.24) is 15.5 Å². The molecule has 3 rings (SSSR count). The monoisotopic (exact) mass is 585 g/mol. The zero-order valence-corrected chi connectivity index (χ0v) is 23.5. The normalized spacial score (nSPS) is 16.8. The number of methoxy groups -OCH3 is 1. The van der Waals surface area contributed by atoms with E-state index in [-0.39, 0.29) is 17.9 Å². The van der Waals surface area contributed by atoms with Crippen molar-refractivity contribution in [2.45, 2.75) is 57.3 Å². The molecule has 224 valence electrons. The molecular formula is C30H33F2N3O7. The topological polar surface area (TPSA) is 131 Å². The van der Waals surface area contributed by atoms with Gasteiger partial charge in [0, 0.05) is 32.0 Å². The molecule has 42 heavy (non-hydrogen) atoms. The van der Waals surface area contributed by atoms with Gasteiger partial charge in [0.2, 0.25) is 17.7 Å². The third-order valence-corrected chi connectivity index (χ3v) is 6.68. The summed E-state index contributed by atoms with van der Waals surface area (Å²) in [4.78, 5) is 64.8. The van der Waals surface area contributed by atoms with E-state index in [0.717, 1.165) is 19.2 Å². The number of amides is 3. The molecule has 2 N–H and O–H groups in total. The Kier molecular flexibility index (Phi) is 11.3. The van der Waals surface area contributed by atoms with Crippen LogP contribution in [-0.2, 0) is 39.9 Å². The number of ether oxygens (including phenoxy) is 2. The second kappa shape index (κ2) is 14.9. The quantitative estimate of drug-likeness (QED) is 0.306. The number of benzene rings is 2. The van der Waals surface area contributed by atoms with Gasteiger partial charge in [-0.1, -0.05) is 30.3 Å². The van der Waals surface area contributed by atoms with Crippen molar-refractivity contribution in [3.8, 4) is 0 Å². The van der Waals surface area contributed by atoms with Crippen LogP contribution in [0.3, 0.4) is 0 Å². The zero-order valence-electron chi connectivity index (χ0n) is 23.5. The van der Waals surface area contributed by atoms with Crippen molar-refractivity contribution >= 4 is 35.7 Å². The molecule has 0 aromatic heterocycles. The molecule has 1 saturated heterocycles. The molecule has 2 aromatic rings. The van der Waals surface area contributed by atoms with E-state index >= 15 is 0 Å². The van der Waals surface area contributed by atoms with Crippen LogP contribution in [0.4, 0.5) is 8.78 Å². The third kappa shape index (κ3) is 8.95. The standard InChI is InChI=1S/C30H33F2N3O7/c1-18(42-29(39)25-10-7-13-35(25)19(2)36)27(30(40)41-3)34-28(38)24(16-21-14-22(31)17-23(32)15-21)33-26(37)12-11-20-8-5-4-6-9-20/h4-6,8-9,11-12,14-15,17-18,24-25,27H,7,10,13,16H2,1-3H3,(H,33,37)(H,34,38)/b12-11+/t18-,24-,25?,27-/m0/s1. The van der Waals surface area contributed by atoms with Crippen LogP contribution < -0.4 is 10.6 Å². The van der Waals surface area contributed by atoms with Gasteiger partial charge in [-0.15, -0.1) is 0 Å². The number of hydrogen-bond acceptors (Lipinski definition) is 7. The van der Waals surface area contributed by atoms with E-state index in [1.54, 1.807) is 30.3 Å². The van der Waals surface area contributed by atoms with Crippen LogP contribution in [0.15, 0.2) is 54.6 Å². The highest BCUT2D eigenvalue weighted by Gasteiger charge is 2.38. The maximum Gasteiger partial charge on any atom is 0.332 e. The molecular weight excluding hydrogens is 552 g/mol. The Morgan fingerprint density at radius 2 is 1.71 bits per heavy atom. The number of hydrogen-bond donors (Lipinski definition) is 2. The van der Waals surface area contributed by atoms with Crippen LogP contribution in [0, 0.1) is 11.6 Å². The predicted octanol–water partition coefficient (Wildman–Crippen LogP) is 2.31. The van der Waals surface area contributed by atoms with Crippen LogP contribution in [0.5, 0.6) is 0 Å². The Labute approximate surface area is 242 Å². The van der Waals surface area contributed by atoms with Gasteiger partial charge in [0.1, 0.15) is 29.8 Å². The Hall–Kier alpha value is -4.61. The Morgan fingerprint density at radius 1 is 1.05 bits per heavy atom. The van der Waals surface area contributed by atoms with Gasteiger partial charge in [0.15, 0.2) is 6.04 Å². The number of likely N-dealkylation sites (tertiary alicyclic amines) is 1. The molecule has 1 heterocycles. The molecule has 0 radical (unpaired) electrons. The van der Waals surface area contributed by atoms with E-state index < -0.39 is 59.6 Å². The fourth-order valence-electron chi connectivity index (χ4n) is 4.60. The van der Waals surface area contributed by atoms with Gasteiger partial charge in [0.05, 0.1) is 7.11 Å². The molecule has 3 amide bonds. The lowest BCUT2D eigenvalue weighted by Crippen LogP contribution is -2.56. The number of carbonyl (C=O) groups is 5. The maximum absolute atomic E-state index is 13.9. The molecule has 1 aliphatic heterocycles. The summed E-state index contributed by atoms with van der Waals surface area (Å²) in [6.07, 6.45) is 2.12. The van der Waals surface area contributed by atoms with Gasteiger partial charge in [-0.05, 0) is 49.1 Å². The van der Waals surface area contributed by atoms with Crippen LogP contribution >= 0.6 is 0 Å². The Balaban J connectivity index is 1.79. The molecule has 1 unspecified atom stereocenters. The lowest BCUT2D eigenvalue weighted by molar-refractivity contribution is -0.163. The number of rotatable bonds is 11. The van der Waals surface area contributed by atoms with E-state index in [4.69, 9.17) is 9.47 Å². The fraction of sp³-hybridized carbons (Fsp3) is 0.367. The summed E-state index contributed by atoms with van der Waals surface area (Å²) in [7, 11) is 1.08. The van der Waals surface area contributed by atoms with Crippen LogP contribution in [0.25, 0.3) is 6.08 Å². The van der Waals surface area contributed by atoms with Crippen molar-refractivity contribution < 1.29 is 42.2 Å². The summed E-state index contributed by atoms with van der Waals surface area (Å²) >= 11 is 0. The summed E-state index contributed by atoms with van der Waals surface area (Å²) in [5.41, 5.74) is 0.785. The van der Waals surface area contributed by atoms with Crippen molar-refractivity contribution in [3.05, 3.63) is 77.4 Å². The summed E-state index contributed by atoms with van der Waals surface area (Å²) in [6, 6.07) is 7.85. The van der Waals surface area contributed by atoms with E-state index in [1.807, 2.05) is 0 Å². The minimum Gasteiger partial charge on any atom is -0.467 e. The van der Waals surface area contributed by atoms with Crippen LogP contribution in [-0.4, -0.2) is 72.4 Å². The van der Waals surface area contributed by atoms with Crippen LogP contribution in [0.2, 0.25) is 0 Å². The molecule has 0 aliphatic carbocycles. The van der Waals surface area contributed by atoms with E-state index in [9.17, 15) is 32.8 Å². The first kappa shape index (κ1) is 31.9. The van der Waals surface area contributed by atoms with Crippen molar-refractivity contribution in [2.75, 3.05) is 13.7 Å². The van der Waals surface area contributed by atoms with Crippen LogP contribution in [0.1, 0.15) is 37.8 Å². The lowest BCUT2D eigenvalue weighted by Gasteiger charge is -2.28. The molecule has 10 nitrogen and oxygen atoms in total. The average Bonchev–Trinajstić information content (AvgIpc) is 3.45. The molecule has 2 aromatic carbocycles. The highest BCUT2D eigenvalue weighted by Crippen LogP contribution is 2.20. The Bertz CT molecular complexity index is 1320. The van der Waals surface area contributed by atoms with Gasteiger partial charge < -0.3 is 25.0 Å². The minimum atomic E-state index is -1.50. The van der Waals surface area contributed by atoms with Gasteiger partial charge in [-0.25, -0.2) is 18.4 Å². The maximum atomic E-state index is 13.9. The number of halogens is 2. The molecule has 12 heteroatoms. The fourth-order valence-corrected chi connectivity index (χ4v) is 4.60. The van der Waals surface area contributed by atoms with Gasteiger partial charge in [0.25, 0.3) is 0 Å². The van der Waals surface area contributed by atoms with E-state index in [2.05, 4.69) is 10.6 Å². The van der Waals surface area contributed by atoms with Crippen molar-refractivity contribution in [1.29, 1.82) is 0 Å². The van der Waals surface area contributed by atoms with Gasteiger partial charge in [-0.2, -0.15) is 0 Å². The van der Waals surface area contributed by atoms with Gasteiger partial charge in [-0.3, -0.25) is 14.4 Å². The average molecular weight is 586 g/mol. The number of carbonyl (C=O) groups excluding carboxylic acids is 5. The summed E-state index contributed by atoms with van der Waals surface area (Å²) < 4.78 is 38.0. The smallest absolute Gasteiger partial charge is 0.332 e. The predicted molar refractivity (Wildman–Crippen MR) is 147 cm³/mol. The lowest BCUT2D eigenvalue weighted by atomic mass is 10.0. The summed E-state index contributed by atoms with van der Waals surface area (Å²) in [5, 5.41) is 4.92. The van der Waals surface area contributed by atoms with Gasteiger partial charge >= 0.3 is 11.9 Å². The molecule has 0 bridgehead atoms. The zero-order chi connectivity index (χ0) is 30.8. The molecule has 4 atom stereocenters. The molecule has 0 spiro atoms. The Morgan fingerprint density at radius 3 is 2.33 bits per heavy atom. The molecule has 1 fully saturated rings. The SMILES string of the molecule is COC(=O)[C@@H](NC(=O)[C@H](Cc1cc(F)cc(F)c1)NC(=O)/C=C/c1ccccc1)[C@H](C)OC(=O)C1CCCN1C(C)=O. The second-order valence-electron chi connectivity index (χ2n) is 9.81. The van der Waals surface area contributed by atoms with Crippen molar-refractivity contribution in [2.24, 2.45) is 0 Å². The number of esters is 2. The largest absolute Gasteiger partial charge is 0.467 e. The highest BCUT2D eigenvalue weighted by molar-refractivity contribution is 5.96. The second-order valence-corrected chi connectivity index (χ2v) is 9.81. The van der Waals surface area contributed by atoms with Crippen molar-refractivity contribution in [3.63, 3.8) is 0 Å².